The molecule has 130 valence electrons. The van der Waals surface area contributed by atoms with Crippen LogP contribution in [0.1, 0.15) is 44.2 Å². The quantitative estimate of drug-likeness (QED) is 0.435. The Kier molecular flexibility index (Phi) is 5.35. The first-order valence-corrected chi connectivity index (χ1v) is 8.88. The van der Waals surface area contributed by atoms with Crippen molar-refractivity contribution in [2.75, 3.05) is 36.9 Å². The summed E-state index contributed by atoms with van der Waals surface area (Å²) in [5.41, 5.74) is 4.10. The summed E-state index contributed by atoms with van der Waals surface area (Å²) in [6, 6.07) is 0.367. The molecule has 2 fully saturated rings. The molecule has 1 unspecified atom stereocenters. The molecule has 0 bridgehead atoms. The van der Waals surface area contributed by atoms with Gasteiger partial charge in [0.1, 0.15) is 11.6 Å². The summed E-state index contributed by atoms with van der Waals surface area (Å²) in [5, 5.41) is 18.2. The highest BCUT2D eigenvalue weighted by Gasteiger charge is 2.26. The van der Waals surface area contributed by atoms with Crippen molar-refractivity contribution in [3.8, 4) is 0 Å². The van der Waals surface area contributed by atoms with Gasteiger partial charge < -0.3 is 26.1 Å². The number of aromatic nitrogens is 1. The van der Waals surface area contributed by atoms with Gasteiger partial charge in [-0.05, 0) is 45.2 Å². The Morgan fingerprint density at radius 3 is 2.88 bits per heavy atom. The fourth-order valence-corrected chi connectivity index (χ4v) is 3.09. The molecule has 1 aromatic heterocycles. The standard InChI is InChI=1S/C18H27N5O/c1-3-21-18-14(9-19)16(23-13-7-8-20-10-13)15(11-22-18)17(24-4-2)12-5-6-12/h9,11,13,19-20H,3-8,10H2,1-2H3,(H2,21,22,23). The SMILES string of the molecule is CCNc1ncc(C(OCC)=C2CC2)c(NC2CCNC2)c1C=N. The van der Waals surface area contributed by atoms with Gasteiger partial charge in [-0.15, -0.1) is 0 Å². The van der Waals surface area contributed by atoms with E-state index in [4.69, 9.17) is 10.1 Å². The second kappa shape index (κ2) is 7.66. The first kappa shape index (κ1) is 16.8. The number of hydrogen-bond donors (Lipinski definition) is 4. The van der Waals surface area contributed by atoms with Crippen molar-refractivity contribution in [3.05, 3.63) is 22.9 Å². The highest BCUT2D eigenvalue weighted by Crippen LogP contribution is 2.41. The van der Waals surface area contributed by atoms with E-state index in [1.807, 2.05) is 20.0 Å². The lowest BCUT2D eigenvalue weighted by Crippen LogP contribution is -2.24. The molecule has 2 aliphatic rings. The number of hydrogen-bond acceptors (Lipinski definition) is 6. The molecule has 1 aliphatic carbocycles. The third-order valence-corrected chi connectivity index (χ3v) is 4.37. The number of rotatable bonds is 8. The molecule has 0 spiro atoms. The lowest BCUT2D eigenvalue weighted by molar-refractivity contribution is 0.297. The summed E-state index contributed by atoms with van der Waals surface area (Å²) in [5.74, 6) is 1.70. The molecule has 1 aliphatic heterocycles. The summed E-state index contributed by atoms with van der Waals surface area (Å²) in [7, 11) is 0. The first-order valence-electron chi connectivity index (χ1n) is 8.88. The molecule has 1 atom stereocenters. The topological polar surface area (TPSA) is 82.1 Å². The Hall–Kier alpha value is -2.08. The molecule has 4 N–H and O–H groups in total. The molecule has 1 saturated carbocycles. The van der Waals surface area contributed by atoms with E-state index in [-0.39, 0.29) is 0 Å². The van der Waals surface area contributed by atoms with Crippen LogP contribution in [0.15, 0.2) is 11.8 Å². The number of nitrogens with zero attached hydrogens (tertiary/aromatic N) is 1. The zero-order valence-corrected chi connectivity index (χ0v) is 14.5. The van der Waals surface area contributed by atoms with Gasteiger partial charge in [0, 0.05) is 31.5 Å². The fraction of sp³-hybridized carbons (Fsp3) is 0.556. The first-order chi connectivity index (χ1) is 11.8. The molecular formula is C18H27N5O. The number of pyridine rings is 1. The van der Waals surface area contributed by atoms with Crippen molar-refractivity contribution in [1.82, 2.24) is 10.3 Å². The average molecular weight is 329 g/mol. The predicted octanol–water partition coefficient (Wildman–Crippen LogP) is 2.83. The molecule has 2 heterocycles. The van der Waals surface area contributed by atoms with Crippen molar-refractivity contribution in [1.29, 1.82) is 5.41 Å². The number of allylic oxidation sites excluding steroid dienone is 1. The Labute approximate surface area is 143 Å². The zero-order chi connectivity index (χ0) is 16.9. The van der Waals surface area contributed by atoms with Crippen molar-refractivity contribution in [2.45, 2.75) is 39.2 Å². The third kappa shape index (κ3) is 3.53. The lowest BCUT2D eigenvalue weighted by Gasteiger charge is -2.22. The Morgan fingerprint density at radius 1 is 1.46 bits per heavy atom. The summed E-state index contributed by atoms with van der Waals surface area (Å²) in [4.78, 5) is 4.56. The average Bonchev–Trinajstić information content (AvgIpc) is 3.30. The number of anilines is 2. The van der Waals surface area contributed by atoms with Crippen LogP contribution in [0.2, 0.25) is 0 Å². The molecule has 0 aromatic carbocycles. The lowest BCUT2D eigenvalue weighted by atomic mass is 10.1. The van der Waals surface area contributed by atoms with Crippen molar-refractivity contribution >= 4 is 23.5 Å². The maximum atomic E-state index is 7.92. The van der Waals surface area contributed by atoms with Gasteiger partial charge >= 0.3 is 0 Å². The molecule has 6 nitrogen and oxygen atoms in total. The van der Waals surface area contributed by atoms with Crippen molar-refractivity contribution < 1.29 is 4.74 Å². The predicted molar refractivity (Wildman–Crippen MR) is 99.0 cm³/mol. The Morgan fingerprint density at radius 2 is 2.29 bits per heavy atom. The van der Waals surface area contributed by atoms with E-state index in [0.717, 1.165) is 67.3 Å². The van der Waals surface area contributed by atoms with Crippen molar-refractivity contribution in [3.63, 3.8) is 0 Å². The normalized spacial score (nSPS) is 19.1. The van der Waals surface area contributed by atoms with E-state index in [1.165, 1.54) is 11.8 Å². The third-order valence-electron chi connectivity index (χ3n) is 4.37. The molecule has 6 heteroatoms. The second-order valence-corrected chi connectivity index (χ2v) is 6.18. The monoisotopic (exact) mass is 329 g/mol. The molecular weight excluding hydrogens is 302 g/mol. The minimum atomic E-state index is 0.367. The van der Waals surface area contributed by atoms with Crippen molar-refractivity contribution in [2.24, 2.45) is 0 Å². The van der Waals surface area contributed by atoms with Crippen LogP contribution >= 0.6 is 0 Å². The van der Waals surface area contributed by atoms with Gasteiger partial charge in [-0.25, -0.2) is 4.98 Å². The maximum absolute atomic E-state index is 7.92. The van der Waals surface area contributed by atoms with E-state index in [2.05, 4.69) is 20.9 Å². The number of nitrogens with one attached hydrogen (secondary N) is 4. The molecule has 3 rings (SSSR count). The van der Waals surface area contributed by atoms with Crippen LogP contribution in [0, 0.1) is 5.41 Å². The van der Waals surface area contributed by atoms with E-state index in [1.54, 1.807) is 0 Å². The molecule has 0 amide bonds. The molecule has 24 heavy (non-hydrogen) atoms. The Bertz CT molecular complexity index is 629. The molecule has 0 radical (unpaired) electrons. The van der Waals surface area contributed by atoms with E-state index in [9.17, 15) is 0 Å². The van der Waals surface area contributed by atoms with E-state index < -0.39 is 0 Å². The summed E-state index contributed by atoms with van der Waals surface area (Å²) >= 11 is 0. The largest absolute Gasteiger partial charge is 0.493 e. The van der Waals surface area contributed by atoms with Gasteiger partial charge in [0.05, 0.1) is 23.4 Å². The fourth-order valence-electron chi connectivity index (χ4n) is 3.09. The smallest absolute Gasteiger partial charge is 0.136 e. The van der Waals surface area contributed by atoms with Gasteiger partial charge in [-0.2, -0.15) is 0 Å². The maximum Gasteiger partial charge on any atom is 0.136 e. The highest BCUT2D eigenvalue weighted by molar-refractivity contribution is 5.96. The molecule has 1 aromatic rings. The summed E-state index contributed by atoms with van der Waals surface area (Å²) in [6.07, 6.45) is 6.53. The van der Waals surface area contributed by atoms with Crippen LogP contribution in [0.4, 0.5) is 11.5 Å². The van der Waals surface area contributed by atoms with Crippen LogP contribution in [0.3, 0.4) is 0 Å². The number of ether oxygens (including phenoxy) is 1. The summed E-state index contributed by atoms with van der Waals surface area (Å²) in [6.45, 7) is 7.42. The zero-order valence-electron chi connectivity index (χ0n) is 14.5. The van der Waals surface area contributed by atoms with Crippen LogP contribution in [-0.2, 0) is 4.74 Å². The minimum Gasteiger partial charge on any atom is -0.493 e. The Balaban J connectivity index is 2.05. The van der Waals surface area contributed by atoms with Crippen LogP contribution in [-0.4, -0.2) is 43.5 Å². The van der Waals surface area contributed by atoms with Gasteiger partial charge in [0.25, 0.3) is 0 Å². The highest BCUT2D eigenvalue weighted by atomic mass is 16.5. The summed E-state index contributed by atoms with van der Waals surface area (Å²) < 4.78 is 5.94. The van der Waals surface area contributed by atoms with Crippen LogP contribution in [0.25, 0.3) is 5.76 Å². The second-order valence-electron chi connectivity index (χ2n) is 6.18. The van der Waals surface area contributed by atoms with E-state index in [0.29, 0.717) is 12.6 Å². The van der Waals surface area contributed by atoms with E-state index >= 15 is 0 Å². The minimum absolute atomic E-state index is 0.367. The van der Waals surface area contributed by atoms with Gasteiger partial charge in [-0.3, -0.25) is 0 Å². The van der Waals surface area contributed by atoms with Crippen LogP contribution < -0.4 is 16.0 Å². The van der Waals surface area contributed by atoms with Crippen LogP contribution in [0.5, 0.6) is 0 Å². The van der Waals surface area contributed by atoms with Gasteiger partial charge in [0.15, 0.2) is 0 Å². The van der Waals surface area contributed by atoms with Gasteiger partial charge in [-0.1, -0.05) is 0 Å². The van der Waals surface area contributed by atoms with Gasteiger partial charge in [0.2, 0.25) is 0 Å². The molecule has 1 saturated heterocycles.